The van der Waals surface area contributed by atoms with E-state index in [2.05, 4.69) is 130 Å². The van der Waals surface area contributed by atoms with E-state index < -0.39 is 12.1 Å². The Morgan fingerprint density at radius 2 is 0.600 bits per heavy atom. The first-order valence-corrected chi connectivity index (χ1v) is 28.5. The molecule has 6 nitrogen and oxygen atoms in total. The van der Waals surface area contributed by atoms with Crippen molar-refractivity contribution in [2.45, 2.75) is 252 Å². The van der Waals surface area contributed by atoms with E-state index in [-0.39, 0.29) is 31.6 Å². The van der Waals surface area contributed by atoms with Crippen LogP contribution < -0.4 is 0 Å². The summed E-state index contributed by atoms with van der Waals surface area (Å²) >= 11 is 0. The van der Waals surface area contributed by atoms with Crippen molar-refractivity contribution in [2.75, 3.05) is 13.2 Å². The molecule has 0 amide bonds. The monoisotopic (exact) mass is 969 g/mol. The lowest BCUT2D eigenvalue weighted by Gasteiger charge is -2.18. The van der Waals surface area contributed by atoms with Crippen LogP contribution in [0.5, 0.6) is 0 Å². The molecule has 0 aliphatic heterocycles. The van der Waals surface area contributed by atoms with Crippen molar-refractivity contribution in [2.24, 2.45) is 0 Å². The third-order valence-electron chi connectivity index (χ3n) is 11.7. The molecule has 0 radical (unpaired) electrons. The van der Waals surface area contributed by atoms with Crippen molar-refractivity contribution >= 4 is 17.9 Å². The SMILES string of the molecule is CC/C=C\C/C=C\C/C=C\C/C=C\C/C=C\CC(=O)OC(COC(=O)CCCCCCC/C=C\CCCCCCC)COC(=O)CCCCCCCCCCCC/C=C\C/C=C\C/C=C\C/C=C\CC. The average molecular weight is 970 g/mol. The predicted molar refractivity (Wildman–Crippen MR) is 302 cm³/mol. The van der Waals surface area contributed by atoms with Crippen LogP contribution in [0.15, 0.2) is 122 Å². The molecule has 0 aromatic rings. The van der Waals surface area contributed by atoms with Gasteiger partial charge in [0.05, 0.1) is 6.42 Å². The molecule has 0 heterocycles. The van der Waals surface area contributed by atoms with Crippen LogP contribution in [0.2, 0.25) is 0 Å². The second kappa shape index (κ2) is 57.4. The van der Waals surface area contributed by atoms with E-state index in [0.717, 1.165) is 103 Å². The number of ether oxygens (including phenoxy) is 3. The van der Waals surface area contributed by atoms with E-state index in [1.54, 1.807) is 6.08 Å². The number of unbranched alkanes of at least 4 members (excludes halogenated alkanes) is 20. The first kappa shape index (κ1) is 65.8. The summed E-state index contributed by atoms with van der Waals surface area (Å²) in [5.74, 6) is -1.07. The Bertz CT molecular complexity index is 1490. The topological polar surface area (TPSA) is 78.9 Å². The van der Waals surface area contributed by atoms with Gasteiger partial charge in [-0.2, -0.15) is 0 Å². The molecule has 0 aromatic heterocycles. The number of esters is 3. The lowest BCUT2D eigenvalue weighted by Crippen LogP contribution is -2.30. The van der Waals surface area contributed by atoms with Crippen LogP contribution in [0.3, 0.4) is 0 Å². The number of hydrogen-bond donors (Lipinski definition) is 0. The zero-order valence-electron chi connectivity index (χ0n) is 45.2. The Hall–Kier alpha value is -4.19. The first-order valence-electron chi connectivity index (χ1n) is 28.5. The van der Waals surface area contributed by atoms with Crippen LogP contribution in [-0.2, 0) is 28.6 Å². The molecule has 0 spiro atoms. The molecule has 1 atom stereocenters. The Balaban J connectivity index is 4.45. The fourth-order valence-electron chi connectivity index (χ4n) is 7.50. The largest absolute Gasteiger partial charge is 0.462 e. The number of rotatable bonds is 50. The van der Waals surface area contributed by atoms with Crippen molar-refractivity contribution < 1.29 is 28.6 Å². The Morgan fingerprint density at radius 3 is 0.957 bits per heavy atom. The number of allylic oxidation sites excluding steroid dienone is 19. The van der Waals surface area contributed by atoms with Crippen molar-refractivity contribution in [3.63, 3.8) is 0 Å². The zero-order valence-corrected chi connectivity index (χ0v) is 45.2. The van der Waals surface area contributed by atoms with Crippen molar-refractivity contribution in [3.05, 3.63) is 122 Å². The lowest BCUT2D eigenvalue weighted by atomic mass is 10.1. The van der Waals surface area contributed by atoms with E-state index in [4.69, 9.17) is 14.2 Å². The molecule has 0 aliphatic rings. The second-order valence-electron chi connectivity index (χ2n) is 18.4. The summed E-state index contributed by atoms with van der Waals surface area (Å²) < 4.78 is 16.7. The Labute approximate surface area is 431 Å². The van der Waals surface area contributed by atoms with Gasteiger partial charge in [-0.15, -0.1) is 0 Å². The number of carbonyl (C=O) groups excluding carboxylic acids is 3. The van der Waals surface area contributed by atoms with E-state index in [0.29, 0.717) is 19.3 Å². The van der Waals surface area contributed by atoms with Gasteiger partial charge in [-0.25, -0.2) is 0 Å². The summed E-state index contributed by atoms with van der Waals surface area (Å²) in [6, 6.07) is 0. The minimum atomic E-state index is -0.840. The summed E-state index contributed by atoms with van der Waals surface area (Å²) in [6.07, 6.45) is 79.3. The van der Waals surface area contributed by atoms with Gasteiger partial charge in [0.25, 0.3) is 0 Å². The molecule has 0 saturated heterocycles. The third kappa shape index (κ3) is 54.7. The molecule has 6 heteroatoms. The maximum atomic E-state index is 12.8. The number of hydrogen-bond acceptors (Lipinski definition) is 6. The molecule has 0 fully saturated rings. The molecular formula is C64H104O6. The highest BCUT2D eigenvalue weighted by Gasteiger charge is 2.19. The van der Waals surface area contributed by atoms with Crippen molar-refractivity contribution in [3.8, 4) is 0 Å². The number of carbonyl (C=O) groups is 3. The fraction of sp³-hybridized carbons (Fsp3) is 0.641. The van der Waals surface area contributed by atoms with E-state index in [9.17, 15) is 14.4 Å². The molecule has 70 heavy (non-hydrogen) atoms. The van der Waals surface area contributed by atoms with Crippen LogP contribution >= 0.6 is 0 Å². The van der Waals surface area contributed by atoms with Gasteiger partial charge in [0.2, 0.25) is 0 Å². The lowest BCUT2D eigenvalue weighted by molar-refractivity contribution is -0.166. The normalized spacial score (nSPS) is 13.0. The average Bonchev–Trinajstić information content (AvgIpc) is 3.36. The van der Waals surface area contributed by atoms with Crippen molar-refractivity contribution in [1.82, 2.24) is 0 Å². The summed E-state index contributed by atoms with van der Waals surface area (Å²) in [6.45, 7) is 6.31. The highest BCUT2D eigenvalue weighted by Crippen LogP contribution is 2.14. The van der Waals surface area contributed by atoms with E-state index >= 15 is 0 Å². The van der Waals surface area contributed by atoms with Gasteiger partial charge in [0, 0.05) is 12.8 Å². The highest BCUT2D eigenvalue weighted by molar-refractivity contribution is 5.72. The van der Waals surface area contributed by atoms with Gasteiger partial charge in [0.1, 0.15) is 13.2 Å². The quantitative estimate of drug-likeness (QED) is 0.0262. The van der Waals surface area contributed by atoms with E-state index in [1.807, 2.05) is 6.08 Å². The zero-order chi connectivity index (χ0) is 50.7. The minimum absolute atomic E-state index is 0.0907. The summed E-state index contributed by atoms with van der Waals surface area (Å²) in [5, 5.41) is 0. The van der Waals surface area contributed by atoms with Crippen molar-refractivity contribution in [1.29, 1.82) is 0 Å². The fourth-order valence-corrected chi connectivity index (χ4v) is 7.50. The molecule has 0 bridgehead atoms. The van der Waals surface area contributed by atoms with Gasteiger partial charge >= 0.3 is 17.9 Å². The van der Waals surface area contributed by atoms with Crippen LogP contribution in [0.4, 0.5) is 0 Å². The van der Waals surface area contributed by atoms with Crippen LogP contribution in [-0.4, -0.2) is 37.2 Å². The van der Waals surface area contributed by atoms with Gasteiger partial charge in [-0.3, -0.25) is 14.4 Å². The summed E-state index contributed by atoms with van der Waals surface area (Å²) in [5.41, 5.74) is 0. The van der Waals surface area contributed by atoms with Gasteiger partial charge in [-0.05, 0) is 109 Å². The molecule has 1 unspecified atom stereocenters. The maximum absolute atomic E-state index is 12.8. The first-order chi connectivity index (χ1) is 34.5. The minimum Gasteiger partial charge on any atom is -0.462 e. The molecule has 0 N–H and O–H groups in total. The standard InChI is InChI=1S/C64H104O6/c1-4-7-10-13-16-19-22-25-28-29-30-31-32-33-34-35-37-39-42-45-48-51-54-57-63(66)69-60-61(59-68-62(65)56-53-50-47-44-41-38-27-24-21-18-15-12-9-6-3)70-64(67)58-55-52-49-46-43-40-36-26-23-20-17-14-11-8-5-2/h7-8,10-11,16-17,19-20,24-28,30-31,36,43,46,52,55,61H,4-6,9,12-15,18,21-23,29,32-35,37-42,44-45,47-51,53-54,56-60H2,1-3H3/b10-7-,11-8-,19-16-,20-17-,27-24-,28-25-,31-30-,36-26-,46-43-,55-52-. The van der Waals surface area contributed by atoms with Crippen LogP contribution in [0.1, 0.15) is 245 Å². The molecule has 0 aromatic carbocycles. The Morgan fingerprint density at radius 1 is 0.314 bits per heavy atom. The van der Waals surface area contributed by atoms with Crippen LogP contribution in [0, 0.1) is 0 Å². The maximum Gasteiger partial charge on any atom is 0.310 e. The summed E-state index contributed by atoms with van der Waals surface area (Å²) in [7, 11) is 0. The summed E-state index contributed by atoms with van der Waals surface area (Å²) in [4.78, 5) is 38.1. The molecular weight excluding hydrogens is 865 g/mol. The second-order valence-corrected chi connectivity index (χ2v) is 18.4. The van der Waals surface area contributed by atoms with Gasteiger partial charge in [-0.1, -0.05) is 239 Å². The Kier molecular flexibility index (Phi) is 54.0. The smallest absolute Gasteiger partial charge is 0.310 e. The molecule has 0 saturated carbocycles. The highest BCUT2D eigenvalue weighted by atomic mass is 16.6. The molecule has 0 aliphatic carbocycles. The van der Waals surface area contributed by atoms with E-state index in [1.165, 1.54) is 96.3 Å². The van der Waals surface area contributed by atoms with Crippen LogP contribution in [0.25, 0.3) is 0 Å². The van der Waals surface area contributed by atoms with Gasteiger partial charge < -0.3 is 14.2 Å². The predicted octanol–water partition coefficient (Wildman–Crippen LogP) is 19.3. The molecule has 396 valence electrons. The molecule has 0 rings (SSSR count). The van der Waals surface area contributed by atoms with Gasteiger partial charge in [0.15, 0.2) is 6.10 Å². The third-order valence-corrected chi connectivity index (χ3v) is 11.7.